The van der Waals surface area contributed by atoms with Crippen LogP contribution in [0.3, 0.4) is 0 Å². The molecule has 40 valence electrons. The van der Waals surface area contributed by atoms with Gasteiger partial charge in [0.05, 0.1) is 0 Å². The summed E-state index contributed by atoms with van der Waals surface area (Å²) >= 11 is 0. The van der Waals surface area contributed by atoms with E-state index >= 15 is 0 Å². The fourth-order valence-electron chi connectivity index (χ4n) is 0. The molecule has 0 aromatic carbocycles. The Morgan fingerprint density at radius 1 is 1.00 bits per heavy atom. The molecule has 0 rings (SSSR count). The Labute approximate surface area is 32.8 Å². The molecule has 0 radical (unpaired) electrons. The monoisotopic (exact) mass is 122 g/mol. The molecule has 0 unspecified atom stereocenters. The Morgan fingerprint density at radius 2 is 1.00 bits per heavy atom. The lowest BCUT2D eigenvalue weighted by Crippen LogP contribution is -1.65. The quantitative estimate of drug-likeness (QED) is 0.341. The predicted octanol–water partition coefficient (Wildman–Crippen LogP) is 2.30. The lowest BCUT2D eigenvalue weighted by molar-refractivity contribution is 0.535. The van der Waals surface area contributed by atoms with Gasteiger partial charge in [0, 0.05) is 5.87 Å². The highest BCUT2D eigenvalue weighted by Crippen LogP contribution is 2.63. The average molecular weight is 122 g/mol. The molecule has 0 atom stereocenters. The number of hydrogen-bond donors (Lipinski definition) is 0. The van der Waals surface area contributed by atoms with Gasteiger partial charge in [0.25, 0.3) is 10.3 Å². The van der Waals surface area contributed by atoms with Crippen molar-refractivity contribution in [1.82, 2.24) is 0 Å². The van der Waals surface area contributed by atoms with E-state index in [4.69, 9.17) is 0 Å². The highest BCUT2D eigenvalue weighted by Gasteiger charge is 2.22. The molecule has 0 aliphatic carbocycles. The summed E-state index contributed by atoms with van der Waals surface area (Å²) in [6.07, 6.45) is 0. The molecule has 0 aliphatic rings. The Bertz CT molecular complexity index is 85.2. The molecule has 0 saturated carbocycles. The zero-order chi connectivity index (χ0) is 5.45. The topological polar surface area (TPSA) is 0 Å². The van der Waals surface area contributed by atoms with Crippen LogP contribution >= 0.6 is 10.3 Å². The summed E-state index contributed by atoms with van der Waals surface area (Å²) in [5.74, 6) is 1.34. The molecule has 0 saturated heterocycles. The maximum Gasteiger partial charge on any atom is 0.268 e. The van der Waals surface area contributed by atoms with E-state index in [0.29, 0.717) is 0 Å². The van der Waals surface area contributed by atoms with Crippen molar-refractivity contribution in [2.75, 3.05) is 0 Å². The molecule has 0 aromatic rings. The second-order valence-electron chi connectivity index (χ2n) is 0.786. The highest BCUT2D eigenvalue weighted by molar-refractivity contribution is 8.30. The molecule has 0 aliphatic heterocycles. The van der Waals surface area contributed by atoms with E-state index in [0.717, 1.165) is 0 Å². The van der Waals surface area contributed by atoms with Gasteiger partial charge in [-0.25, -0.2) is 0 Å². The SMILES string of the molecule is C=S(F)(F)(F)F. The maximum atomic E-state index is 10.4. The molecule has 0 bridgehead atoms. The first-order valence-corrected chi connectivity index (χ1v) is 2.72. The van der Waals surface area contributed by atoms with E-state index in [1.807, 2.05) is 0 Å². The second kappa shape index (κ2) is 0.776. The van der Waals surface area contributed by atoms with E-state index < -0.39 is 10.3 Å². The van der Waals surface area contributed by atoms with Crippen LogP contribution in [-0.2, 0) is 0 Å². The first-order chi connectivity index (χ1) is 2.24. The molecular formula is CH2F4S. The van der Waals surface area contributed by atoms with E-state index in [1.54, 1.807) is 0 Å². The highest BCUT2D eigenvalue weighted by atomic mass is 32.4. The minimum Gasteiger partial charge on any atom is -0.107 e. The second-order valence-corrected chi connectivity index (χ2v) is 2.36. The van der Waals surface area contributed by atoms with Crippen LogP contribution in [0, 0.1) is 0 Å². The Balaban J connectivity index is 4.16. The third-order valence-electron chi connectivity index (χ3n) is 0. The summed E-state index contributed by atoms with van der Waals surface area (Å²) in [5.41, 5.74) is 0. The molecule has 0 fully saturated rings. The molecule has 0 nitrogen and oxygen atoms in total. The zero-order valence-electron chi connectivity index (χ0n) is 2.63. The normalized spacial score (nSPS) is 19.0. The smallest absolute Gasteiger partial charge is 0.107 e. The van der Waals surface area contributed by atoms with Gasteiger partial charge in [0.15, 0.2) is 0 Å². The van der Waals surface area contributed by atoms with Crippen molar-refractivity contribution in [3.63, 3.8) is 0 Å². The van der Waals surface area contributed by atoms with Crippen LogP contribution in [0.4, 0.5) is 15.5 Å². The zero-order valence-corrected chi connectivity index (χ0v) is 3.44. The van der Waals surface area contributed by atoms with Crippen LogP contribution in [0.25, 0.3) is 0 Å². The van der Waals surface area contributed by atoms with Gasteiger partial charge in [-0.2, -0.15) is 0 Å². The fourth-order valence-corrected chi connectivity index (χ4v) is 0. The van der Waals surface area contributed by atoms with Gasteiger partial charge in [-0.1, -0.05) is 0 Å². The van der Waals surface area contributed by atoms with E-state index in [-0.39, 0.29) is 0 Å². The molecule has 0 amide bonds. The summed E-state index contributed by atoms with van der Waals surface area (Å²) in [7, 11) is -7.10. The van der Waals surface area contributed by atoms with Gasteiger partial charge in [0.1, 0.15) is 0 Å². The summed E-state index contributed by atoms with van der Waals surface area (Å²) < 4.78 is 41.5. The third kappa shape index (κ3) is 9460. The minimum absolute atomic E-state index is 1.34. The van der Waals surface area contributed by atoms with Crippen molar-refractivity contribution in [3.8, 4) is 0 Å². The molecule has 0 spiro atoms. The Hall–Kier alpha value is -0.0600. The molecule has 0 aromatic heterocycles. The van der Waals surface area contributed by atoms with E-state index in [9.17, 15) is 15.5 Å². The number of halogens is 4. The molecule has 0 heterocycles. The Kier molecular flexibility index (Phi) is 0.768. The van der Waals surface area contributed by atoms with E-state index in [2.05, 4.69) is 0 Å². The first kappa shape index (κ1) is 5.94. The van der Waals surface area contributed by atoms with Gasteiger partial charge in [0.2, 0.25) is 0 Å². The number of rotatable bonds is 0. The van der Waals surface area contributed by atoms with Crippen molar-refractivity contribution in [2.24, 2.45) is 0 Å². The molecular weight excluding hydrogens is 120 g/mol. The van der Waals surface area contributed by atoms with Crippen LogP contribution in [-0.4, -0.2) is 5.87 Å². The van der Waals surface area contributed by atoms with E-state index in [1.165, 1.54) is 5.87 Å². The molecule has 6 heavy (non-hydrogen) atoms. The van der Waals surface area contributed by atoms with Crippen LogP contribution in [0.2, 0.25) is 0 Å². The van der Waals surface area contributed by atoms with Gasteiger partial charge >= 0.3 is 0 Å². The van der Waals surface area contributed by atoms with Crippen LogP contribution in [0.15, 0.2) is 0 Å². The van der Waals surface area contributed by atoms with Crippen LogP contribution < -0.4 is 0 Å². The largest absolute Gasteiger partial charge is 0.268 e. The number of hydrogen-bond acceptors (Lipinski definition) is 0. The summed E-state index contributed by atoms with van der Waals surface area (Å²) in [6.45, 7) is 0. The molecule has 5 heteroatoms. The van der Waals surface area contributed by atoms with Gasteiger partial charge < -0.3 is 0 Å². The summed E-state index contributed by atoms with van der Waals surface area (Å²) in [4.78, 5) is 0. The summed E-state index contributed by atoms with van der Waals surface area (Å²) in [5, 5.41) is 0. The van der Waals surface area contributed by atoms with Crippen LogP contribution in [0.5, 0.6) is 0 Å². The van der Waals surface area contributed by atoms with Crippen molar-refractivity contribution >= 4 is 16.2 Å². The van der Waals surface area contributed by atoms with Gasteiger partial charge in [-0.05, 0) is 0 Å². The lowest BCUT2D eigenvalue weighted by Gasteiger charge is -2.04. The standard InChI is InChI=1S/CH2F4S/c1-6(2,3,4)5/h1H2. The predicted molar refractivity (Wildman–Crippen MR) is 19.1 cm³/mol. The first-order valence-electron chi connectivity index (χ1n) is 0.906. The molecule has 0 N–H and O–H groups in total. The minimum atomic E-state index is -7.10. The van der Waals surface area contributed by atoms with Crippen LogP contribution in [0.1, 0.15) is 0 Å². The maximum absolute atomic E-state index is 10.4. The van der Waals surface area contributed by atoms with Crippen molar-refractivity contribution in [2.45, 2.75) is 0 Å². The van der Waals surface area contributed by atoms with Crippen molar-refractivity contribution in [3.05, 3.63) is 0 Å². The van der Waals surface area contributed by atoms with Gasteiger partial charge in [-0.3, -0.25) is 0 Å². The fraction of sp³-hybridized carbons (Fsp3) is 0. The van der Waals surface area contributed by atoms with Crippen molar-refractivity contribution < 1.29 is 15.5 Å². The van der Waals surface area contributed by atoms with Gasteiger partial charge in [-0.15, -0.1) is 15.5 Å². The average Bonchev–Trinajstić information content (AvgIpc) is 0.650. The Morgan fingerprint density at radius 3 is 1.00 bits per heavy atom. The van der Waals surface area contributed by atoms with Crippen molar-refractivity contribution in [1.29, 1.82) is 0 Å². The summed E-state index contributed by atoms with van der Waals surface area (Å²) in [6, 6.07) is 0. The lowest BCUT2D eigenvalue weighted by atomic mass is 12.0. The third-order valence-corrected chi connectivity index (χ3v) is 0.